The van der Waals surface area contributed by atoms with E-state index in [4.69, 9.17) is 0 Å². The van der Waals surface area contributed by atoms with E-state index in [1.165, 1.54) is 12.8 Å². The molecule has 0 saturated carbocycles. The summed E-state index contributed by atoms with van der Waals surface area (Å²) < 4.78 is 0. The molecule has 2 rings (SSSR count). The van der Waals surface area contributed by atoms with Crippen molar-refractivity contribution >= 4 is 5.91 Å². The summed E-state index contributed by atoms with van der Waals surface area (Å²) in [5.74, 6) is 1.91. The number of carbonyl (C=O) groups is 1. The van der Waals surface area contributed by atoms with Crippen LogP contribution >= 0.6 is 0 Å². The molecule has 0 atom stereocenters. The van der Waals surface area contributed by atoms with E-state index in [1.54, 1.807) is 0 Å². The Morgan fingerprint density at radius 2 is 1.52 bits per heavy atom. The first-order valence-corrected chi connectivity index (χ1v) is 8.71. The maximum absolute atomic E-state index is 12.4. The van der Waals surface area contributed by atoms with Crippen LogP contribution in [0.3, 0.4) is 0 Å². The van der Waals surface area contributed by atoms with Gasteiger partial charge in [0.25, 0.3) is 0 Å². The zero-order valence-electron chi connectivity index (χ0n) is 14.3. The van der Waals surface area contributed by atoms with Gasteiger partial charge < -0.3 is 4.90 Å². The summed E-state index contributed by atoms with van der Waals surface area (Å²) >= 11 is 0. The largest absolute Gasteiger partial charge is 0.342 e. The molecule has 4 heteroatoms. The van der Waals surface area contributed by atoms with Gasteiger partial charge in [0.05, 0.1) is 6.54 Å². The third kappa shape index (κ3) is 4.68. The fraction of sp³-hybridized carbons (Fsp3) is 0.941. The van der Waals surface area contributed by atoms with Crippen LogP contribution in [0.1, 0.15) is 40.5 Å². The molecule has 1 amide bonds. The molecule has 0 aliphatic carbocycles. The van der Waals surface area contributed by atoms with Crippen molar-refractivity contribution in [3.05, 3.63) is 0 Å². The maximum Gasteiger partial charge on any atom is 0.236 e. The predicted molar refractivity (Wildman–Crippen MR) is 87.3 cm³/mol. The highest BCUT2D eigenvalue weighted by Crippen LogP contribution is 2.24. The zero-order chi connectivity index (χ0) is 15.4. The monoisotopic (exact) mass is 295 g/mol. The van der Waals surface area contributed by atoms with Crippen LogP contribution in [0.5, 0.6) is 0 Å². The van der Waals surface area contributed by atoms with Crippen LogP contribution < -0.4 is 0 Å². The van der Waals surface area contributed by atoms with Crippen LogP contribution in [-0.2, 0) is 4.79 Å². The van der Waals surface area contributed by atoms with E-state index in [0.29, 0.717) is 18.5 Å². The van der Waals surface area contributed by atoms with Gasteiger partial charge in [-0.05, 0) is 38.5 Å². The van der Waals surface area contributed by atoms with Crippen LogP contribution in [0.2, 0.25) is 0 Å². The molecular formula is C17H33N3O. The third-order valence-electron chi connectivity index (χ3n) is 5.33. The fourth-order valence-electron chi connectivity index (χ4n) is 3.54. The number of hydrogen-bond acceptors (Lipinski definition) is 3. The maximum atomic E-state index is 12.4. The van der Waals surface area contributed by atoms with Crippen molar-refractivity contribution in [2.45, 2.75) is 46.6 Å². The van der Waals surface area contributed by atoms with Crippen molar-refractivity contribution in [1.29, 1.82) is 0 Å². The number of piperidine rings is 1. The van der Waals surface area contributed by atoms with E-state index in [0.717, 1.165) is 51.1 Å². The van der Waals surface area contributed by atoms with Crippen molar-refractivity contribution in [2.24, 2.45) is 11.8 Å². The van der Waals surface area contributed by atoms with Crippen LogP contribution in [-0.4, -0.2) is 72.5 Å². The number of rotatable bonds is 4. The van der Waals surface area contributed by atoms with E-state index >= 15 is 0 Å². The van der Waals surface area contributed by atoms with Crippen molar-refractivity contribution in [3.8, 4) is 0 Å². The average molecular weight is 295 g/mol. The molecule has 0 aromatic rings. The van der Waals surface area contributed by atoms with E-state index in [-0.39, 0.29) is 0 Å². The van der Waals surface area contributed by atoms with Crippen LogP contribution in [0.15, 0.2) is 0 Å². The Hall–Kier alpha value is -0.610. The van der Waals surface area contributed by atoms with Gasteiger partial charge in [-0.2, -0.15) is 0 Å². The molecule has 2 fully saturated rings. The second-order valence-electron chi connectivity index (χ2n) is 7.37. The number of nitrogens with zero attached hydrogens (tertiary/aromatic N) is 3. The van der Waals surface area contributed by atoms with Crippen LogP contribution in [0.4, 0.5) is 0 Å². The molecule has 0 aromatic carbocycles. The highest BCUT2D eigenvalue weighted by atomic mass is 16.2. The van der Waals surface area contributed by atoms with E-state index in [1.807, 2.05) is 0 Å². The van der Waals surface area contributed by atoms with Gasteiger partial charge >= 0.3 is 0 Å². The first-order valence-electron chi connectivity index (χ1n) is 8.71. The summed E-state index contributed by atoms with van der Waals surface area (Å²) in [6, 6.07) is 0.623. The molecule has 122 valence electrons. The van der Waals surface area contributed by atoms with Gasteiger partial charge in [0.15, 0.2) is 0 Å². The molecule has 0 spiro atoms. The highest BCUT2D eigenvalue weighted by molar-refractivity contribution is 5.78. The molecule has 0 aromatic heterocycles. The number of carbonyl (C=O) groups excluding carboxylic acids is 1. The van der Waals surface area contributed by atoms with Crippen molar-refractivity contribution in [3.63, 3.8) is 0 Å². The first kappa shape index (κ1) is 16.8. The summed E-state index contributed by atoms with van der Waals surface area (Å²) in [5, 5.41) is 0. The van der Waals surface area contributed by atoms with Crippen LogP contribution in [0.25, 0.3) is 0 Å². The minimum Gasteiger partial charge on any atom is -0.342 e. The quantitative estimate of drug-likeness (QED) is 0.793. The van der Waals surface area contributed by atoms with Gasteiger partial charge in [0.2, 0.25) is 5.91 Å². The van der Waals surface area contributed by atoms with E-state index in [9.17, 15) is 4.79 Å². The molecule has 0 N–H and O–H groups in total. The summed E-state index contributed by atoms with van der Waals surface area (Å²) in [4.78, 5) is 19.3. The molecule has 4 nitrogen and oxygen atoms in total. The van der Waals surface area contributed by atoms with Gasteiger partial charge in [-0.3, -0.25) is 14.6 Å². The van der Waals surface area contributed by atoms with Gasteiger partial charge in [-0.1, -0.05) is 13.8 Å². The Morgan fingerprint density at radius 1 is 0.952 bits per heavy atom. The Labute approximate surface area is 130 Å². The lowest BCUT2D eigenvalue weighted by Gasteiger charge is -2.38. The minimum absolute atomic E-state index is 0.343. The standard InChI is InChI=1S/C17H33N3O/c1-14(2)16-5-7-20(8-6-16)17(21)13-18-9-11-19(12-10-18)15(3)4/h14-16H,5-13H2,1-4H3. The Balaban J connectivity index is 1.71. The predicted octanol–water partition coefficient (Wildman–Crippen LogP) is 1.91. The Morgan fingerprint density at radius 3 is 2.00 bits per heavy atom. The number of amides is 1. The van der Waals surface area contributed by atoms with Crippen molar-refractivity contribution in [1.82, 2.24) is 14.7 Å². The lowest BCUT2D eigenvalue weighted by Crippen LogP contribution is -2.52. The topological polar surface area (TPSA) is 26.8 Å². The average Bonchev–Trinajstić information content (AvgIpc) is 2.47. The summed E-state index contributed by atoms with van der Waals surface area (Å²) in [6.07, 6.45) is 2.37. The number of piperazine rings is 1. The van der Waals surface area contributed by atoms with Gasteiger partial charge in [0, 0.05) is 45.3 Å². The number of hydrogen-bond donors (Lipinski definition) is 0. The molecular weight excluding hydrogens is 262 g/mol. The highest BCUT2D eigenvalue weighted by Gasteiger charge is 2.26. The minimum atomic E-state index is 0.343. The molecule has 2 heterocycles. The summed E-state index contributed by atoms with van der Waals surface area (Å²) in [7, 11) is 0. The van der Waals surface area contributed by atoms with E-state index < -0.39 is 0 Å². The second-order valence-corrected chi connectivity index (χ2v) is 7.37. The molecule has 0 radical (unpaired) electrons. The third-order valence-corrected chi connectivity index (χ3v) is 5.33. The van der Waals surface area contributed by atoms with Gasteiger partial charge in [0.1, 0.15) is 0 Å². The molecule has 0 bridgehead atoms. The van der Waals surface area contributed by atoms with Crippen molar-refractivity contribution < 1.29 is 4.79 Å². The van der Waals surface area contributed by atoms with E-state index in [2.05, 4.69) is 42.4 Å². The molecule has 21 heavy (non-hydrogen) atoms. The molecule has 0 unspecified atom stereocenters. The number of likely N-dealkylation sites (tertiary alicyclic amines) is 1. The Bertz CT molecular complexity index is 327. The lowest BCUT2D eigenvalue weighted by atomic mass is 9.87. The van der Waals surface area contributed by atoms with Crippen LogP contribution in [0, 0.1) is 11.8 Å². The molecule has 2 saturated heterocycles. The zero-order valence-corrected chi connectivity index (χ0v) is 14.3. The first-order chi connectivity index (χ1) is 9.97. The molecule has 2 aliphatic rings. The fourth-order valence-corrected chi connectivity index (χ4v) is 3.54. The normalized spacial score (nSPS) is 23.2. The van der Waals surface area contributed by atoms with Gasteiger partial charge in [-0.15, -0.1) is 0 Å². The van der Waals surface area contributed by atoms with Crippen molar-refractivity contribution in [2.75, 3.05) is 45.8 Å². The second kappa shape index (κ2) is 7.59. The summed E-state index contributed by atoms with van der Waals surface area (Å²) in [5.41, 5.74) is 0. The lowest BCUT2D eigenvalue weighted by molar-refractivity contribution is -0.134. The molecule has 2 aliphatic heterocycles. The Kier molecular flexibility index (Phi) is 6.06. The SMILES string of the molecule is CC(C)C1CCN(C(=O)CN2CCN(C(C)C)CC2)CC1. The summed E-state index contributed by atoms with van der Waals surface area (Å²) in [6.45, 7) is 15.9. The smallest absolute Gasteiger partial charge is 0.236 e. The van der Waals surface area contributed by atoms with Gasteiger partial charge in [-0.25, -0.2) is 0 Å².